The molecular formula is C13H14N2O5. The number of rotatable bonds is 2. The largest absolute Gasteiger partial charge is 0.474 e. The van der Waals surface area contributed by atoms with Crippen molar-refractivity contribution < 1.29 is 24.2 Å². The lowest BCUT2D eigenvalue weighted by Crippen LogP contribution is -2.53. The second-order valence-corrected chi connectivity index (χ2v) is 4.46. The Morgan fingerprint density at radius 1 is 1.15 bits per heavy atom. The number of benzene rings is 1. The standard InChI is InChI=1S/C13H14N2O5/c16-10(11(17)18)14-15-12(19)13(6-7-20-8-13)9-4-2-1-3-5-9/h1-5H,6-8H2,(H,14,16)(H,15,19)(H,17,18). The van der Waals surface area contributed by atoms with E-state index in [1.165, 1.54) is 0 Å². The minimum Gasteiger partial charge on any atom is -0.474 e. The van der Waals surface area contributed by atoms with Gasteiger partial charge < -0.3 is 9.84 Å². The number of ether oxygens (including phenoxy) is 1. The Labute approximate surface area is 114 Å². The molecule has 7 nitrogen and oxygen atoms in total. The summed E-state index contributed by atoms with van der Waals surface area (Å²) in [4.78, 5) is 33.6. The number of hydrogen-bond acceptors (Lipinski definition) is 4. The van der Waals surface area contributed by atoms with Crippen molar-refractivity contribution in [1.82, 2.24) is 10.9 Å². The molecule has 1 saturated heterocycles. The van der Waals surface area contributed by atoms with Crippen LogP contribution in [-0.4, -0.2) is 36.1 Å². The summed E-state index contributed by atoms with van der Waals surface area (Å²) in [5.41, 5.74) is 3.86. The highest BCUT2D eigenvalue weighted by molar-refractivity contribution is 6.31. The number of aliphatic carboxylic acids is 1. The first-order chi connectivity index (χ1) is 9.56. The number of hydrogen-bond donors (Lipinski definition) is 3. The summed E-state index contributed by atoms with van der Waals surface area (Å²) < 4.78 is 5.30. The zero-order valence-electron chi connectivity index (χ0n) is 10.6. The molecule has 0 saturated carbocycles. The van der Waals surface area contributed by atoms with E-state index in [1.54, 1.807) is 24.3 Å². The van der Waals surface area contributed by atoms with Gasteiger partial charge in [0.2, 0.25) is 0 Å². The van der Waals surface area contributed by atoms with E-state index >= 15 is 0 Å². The van der Waals surface area contributed by atoms with Gasteiger partial charge in [-0.15, -0.1) is 0 Å². The average Bonchev–Trinajstić information content (AvgIpc) is 2.96. The smallest absolute Gasteiger partial charge is 0.396 e. The molecule has 0 spiro atoms. The van der Waals surface area contributed by atoms with Crippen LogP contribution in [0.15, 0.2) is 30.3 Å². The van der Waals surface area contributed by atoms with E-state index in [9.17, 15) is 14.4 Å². The lowest BCUT2D eigenvalue weighted by atomic mass is 9.79. The van der Waals surface area contributed by atoms with Crippen LogP contribution < -0.4 is 10.9 Å². The molecule has 1 aromatic rings. The summed E-state index contributed by atoms with van der Waals surface area (Å²) >= 11 is 0. The number of amides is 2. The van der Waals surface area contributed by atoms with E-state index < -0.39 is 23.2 Å². The highest BCUT2D eigenvalue weighted by Gasteiger charge is 2.44. The Morgan fingerprint density at radius 2 is 1.85 bits per heavy atom. The number of hydrazine groups is 1. The molecule has 20 heavy (non-hydrogen) atoms. The Kier molecular flexibility index (Phi) is 3.99. The first kappa shape index (κ1) is 14.0. The highest BCUT2D eigenvalue weighted by atomic mass is 16.5. The third-order valence-electron chi connectivity index (χ3n) is 3.27. The van der Waals surface area contributed by atoms with Gasteiger partial charge in [0.15, 0.2) is 0 Å². The van der Waals surface area contributed by atoms with E-state index in [1.807, 2.05) is 11.5 Å². The summed E-state index contributed by atoms with van der Waals surface area (Å²) in [6.07, 6.45) is 0.464. The van der Waals surface area contributed by atoms with Crippen LogP contribution in [0.25, 0.3) is 0 Å². The van der Waals surface area contributed by atoms with Gasteiger partial charge in [0.1, 0.15) is 5.41 Å². The highest BCUT2D eigenvalue weighted by Crippen LogP contribution is 2.33. The molecule has 0 aliphatic carbocycles. The molecule has 3 N–H and O–H groups in total. The summed E-state index contributed by atoms with van der Waals surface area (Å²) in [7, 11) is 0. The summed E-state index contributed by atoms with van der Waals surface area (Å²) in [6.45, 7) is 0.612. The van der Waals surface area contributed by atoms with Gasteiger partial charge in [0.25, 0.3) is 5.91 Å². The maximum atomic E-state index is 12.3. The second kappa shape index (κ2) is 5.70. The first-order valence-corrected chi connectivity index (χ1v) is 6.03. The molecule has 0 bridgehead atoms. The molecule has 1 aliphatic heterocycles. The monoisotopic (exact) mass is 278 g/mol. The molecule has 1 atom stereocenters. The maximum absolute atomic E-state index is 12.3. The summed E-state index contributed by atoms with van der Waals surface area (Å²) in [5, 5.41) is 8.45. The van der Waals surface area contributed by atoms with Crippen LogP contribution in [0.2, 0.25) is 0 Å². The van der Waals surface area contributed by atoms with Crippen LogP contribution in [0.5, 0.6) is 0 Å². The van der Waals surface area contributed by atoms with Gasteiger partial charge in [-0.1, -0.05) is 30.3 Å². The van der Waals surface area contributed by atoms with Crippen LogP contribution in [-0.2, 0) is 24.5 Å². The normalized spacial score (nSPS) is 21.2. The Balaban J connectivity index is 2.15. The van der Waals surface area contributed by atoms with Crippen LogP contribution in [0.4, 0.5) is 0 Å². The third kappa shape index (κ3) is 2.62. The summed E-state index contributed by atoms with van der Waals surface area (Å²) in [5.74, 6) is -3.45. The predicted molar refractivity (Wildman–Crippen MR) is 67.5 cm³/mol. The Hall–Kier alpha value is -2.41. The molecule has 0 aromatic heterocycles. The SMILES string of the molecule is O=C(O)C(=O)NNC(=O)C1(c2ccccc2)CCOC1. The van der Waals surface area contributed by atoms with Crippen molar-refractivity contribution in [3.8, 4) is 0 Å². The van der Waals surface area contributed by atoms with Crippen LogP contribution in [0.3, 0.4) is 0 Å². The quantitative estimate of drug-likeness (QED) is 0.503. The van der Waals surface area contributed by atoms with E-state index in [-0.39, 0.29) is 6.61 Å². The molecule has 1 fully saturated rings. The van der Waals surface area contributed by atoms with Gasteiger partial charge in [0.05, 0.1) is 6.61 Å². The fourth-order valence-electron chi connectivity index (χ4n) is 2.15. The van der Waals surface area contributed by atoms with Crippen molar-refractivity contribution in [2.45, 2.75) is 11.8 Å². The molecule has 1 heterocycles. The molecule has 2 amide bonds. The second-order valence-electron chi connectivity index (χ2n) is 4.46. The number of nitrogens with one attached hydrogen (secondary N) is 2. The maximum Gasteiger partial charge on any atom is 0.396 e. The van der Waals surface area contributed by atoms with Gasteiger partial charge in [0, 0.05) is 6.61 Å². The van der Waals surface area contributed by atoms with Crippen LogP contribution >= 0.6 is 0 Å². The minimum atomic E-state index is -1.67. The van der Waals surface area contributed by atoms with Crippen LogP contribution in [0.1, 0.15) is 12.0 Å². The molecule has 1 aliphatic rings. The number of carbonyl (C=O) groups is 3. The lowest BCUT2D eigenvalue weighted by Gasteiger charge is -2.26. The lowest BCUT2D eigenvalue weighted by molar-refractivity contribution is -0.151. The number of carboxylic acids is 1. The van der Waals surface area contributed by atoms with E-state index in [2.05, 4.69) is 5.43 Å². The first-order valence-electron chi connectivity index (χ1n) is 6.03. The van der Waals surface area contributed by atoms with Crippen molar-refractivity contribution in [1.29, 1.82) is 0 Å². The number of carboxylic acid groups (broad SMARTS) is 1. The number of carbonyl (C=O) groups excluding carboxylic acids is 2. The minimum absolute atomic E-state index is 0.186. The van der Waals surface area contributed by atoms with Gasteiger partial charge in [-0.3, -0.25) is 20.4 Å². The van der Waals surface area contributed by atoms with Crippen molar-refractivity contribution in [3.63, 3.8) is 0 Å². The average molecular weight is 278 g/mol. The topological polar surface area (TPSA) is 105 Å². The predicted octanol–water partition coefficient (Wildman–Crippen LogP) is -0.423. The van der Waals surface area contributed by atoms with Gasteiger partial charge in [-0.2, -0.15) is 0 Å². The zero-order chi connectivity index (χ0) is 14.6. The van der Waals surface area contributed by atoms with Crippen molar-refractivity contribution >= 4 is 17.8 Å². The van der Waals surface area contributed by atoms with Gasteiger partial charge in [-0.25, -0.2) is 4.79 Å². The van der Waals surface area contributed by atoms with Crippen molar-refractivity contribution in [2.75, 3.05) is 13.2 Å². The molecular weight excluding hydrogens is 264 g/mol. The van der Waals surface area contributed by atoms with E-state index in [4.69, 9.17) is 9.84 Å². The van der Waals surface area contributed by atoms with E-state index in [0.29, 0.717) is 13.0 Å². The molecule has 1 aromatic carbocycles. The van der Waals surface area contributed by atoms with Gasteiger partial charge >= 0.3 is 11.9 Å². The fraction of sp³-hybridized carbons (Fsp3) is 0.308. The Morgan fingerprint density at radius 3 is 2.40 bits per heavy atom. The van der Waals surface area contributed by atoms with Crippen LogP contribution in [0, 0.1) is 0 Å². The van der Waals surface area contributed by atoms with Crippen molar-refractivity contribution in [2.24, 2.45) is 0 Å². The molecule has 1 unspecified atom stereocenters. The van der Waals surface area contributed by atoms with Crippen molar-refractivity contribution in [3.05, 3.63) is 35.9 Å². The molecule has 7 heteroatoms. The molecule has 106 valence electrons. The molecule has 2 rings (SSSR count). The van der Waals surface area contributed by atoms with Gasteiger partial charge in [-0.05, 0) is 12.0 Å². The third-order valence-corrected chi connectivity index (χ3v) is 3.27. The fourth-order valence-corrected chi connectivity index (χ4v) is 2.15. The zero-order valence-corrected chi connectivity index (χ0v) is 10.6. The van der Waals surface area contributed by atoms with E-state index in [0.717, 1.165) is 5.56 Å². The summed E-state index contributed by atoms with van der Waals surface area (Å²) in [6, 6.07) is 9.04. The Bertz CT molecular complexity index is 523. The molecule has 0 radical (unpaired) electrons.